The fraction of sp³-hybridized carbons (Fsp3) is 0.583. The lowest BCUT2D eigenvalue weighted by atomic mass is 9.75. The molecule has 1 saturated carbocycles. The highest BCUT2D eigenvalue weighted by Gasteiger charge is 2.52. The predicted octanol–water partition coefficient (Wildman–Crippen LogP) is 2.66. The number of urea groups is 1. The minimum Gasteiger partial charge on any atom is -0.454 e. The van der Waals surface area contributed by atoms with Crippen molar-refractivity contribution in [3.05, 3.63) is 24.3 Å². The zero-order chi connectivity index (χ0) is 23.4. The molecule has 3 fully saturated rings. The Hall–Kier alpha value is -3.10. The third-order valence-electron chi connectivity index (χ3n) is 7.06. The molecule has 178 valence electrons. The maximum Gasteiger partial charge on any atom is 0.326 e. The zero-order valence-corrected chi connectivity index (χ0v) is 19.1. The number of carbonyl (C=O) groups is 4. The summed E-state index contributed by atoms with van der Waals surface area (Å²) in [5.41, 5.74) is 0.825. The number of amides is 4. The lowest BCUT2D eigenvalue weighted by Crippen LogP contribution is -2.49. The summed E-state index contributed by atoms with van der Waals surface area (Å²) < 4.78 is 5.02. The van der Waals surface area contributed by atoms with Crippen LogP contribution in [0.1, 0.15) is 51.9 Å². The lowest BCUT2D eigenvalue weighted by molar-refractivity contribution is -0.150. The number of nitrogens with zero attached hydrogens (tertiary/aromatic N) is 2. The monoisotopic (exact) mass is 456 g/mol. The quantitative estimate of drug-likeness (QED) is 0.482. The van der Waals surface area contributed by atoms with Gasteiger partial charge >= 0.3 is 12.0 Å². The molecule has 0 unspecified atom stereocenters. The van der Waals surface area contributed by atoms with Gasteiger partial charge in [0.05, 0.1) is 0 Å². The third-order valence-corrected chi connectivity index (χ3v) is 7.06. The molecule has 9 nitrogen and oxygen atoms in total. The second kappa shape index (κ2) is 9.80. The Morgan fingerprint density at radius 3 is 2.42 bits per heavy atom. The molecule has 4 amide bonds. The number of ether oxygens (including phenoxy) is 1. The van der Waals surface area contributed by atoms with Crippen LogP contribution in [0.25, 0.3) is 0 Å². The van der Waals surface area contributed by atoms with E-state index in [4.69, 9.17) is 4.74 Å². The molecule has 1 aromatic rings. The number of anilines is 2. The van der Waals surface area contributed by atoms with Crippen molar-refractivity contribution in [1.82, 2.24) is 10.2 Å². The van der Waals surface area contributed by atoms with E-state index in [1.165, 1.54) is 12.8 Å². The number of hydrogen-bond acceptors (Lipinski definition) is 6. The molecule has 1 spiro atoms. The highest BCUT2D eigenvalue weighted by atomic mass is 16.5. The van der Waals surface area contributed by atoms with Crippen molar-refractivity contribution in [2.75, 3.05) is 36.5 Å². The zero-order valence-electron chi connectivity index (χ0n) is 19.1. The van der Waals surface area contributed by atoms with Crippen molar-refractivity contribution < 1.29 is 23.9 Å². The van der Waals surface area contributed by atoms with Gasteiger partial charge < -0.3 is 20.3 Å². The maximum atomic E-state index is 12.9. The van der Waals surface area contributed by atoms with Crippen LogP contribution in [-0.2, 0) is 19.1 Å². The first-order valence-electron chi connectivity index (χ1n) is 11.8. The summed E-state index contributed by atoms with van der Waals surface area (Å²) >= 11 is 0. The number of nitrogens with one attached hydrogen (secondary N) is 2. The molecule has 9 heteroatoms. The van der Waals surface area contributed by atoms with Gasteiger partial charge in [0.25, 0.3) is 11.8 Å². The van der Waals surface area contributed by atoms with E-state index in [9.17, 15) is 19.2 Å². The van der Waals surface area contributed by atoms with Crippen molar-refractivity contribution in [3.8, 4) is 0 Å². The van der Waals surface area contributed by atoms with Gasteiger partial charge in [0.1, 0.15) is 12.1 Å². The number of hydrogen-bond donors (Lipinski definition) is 2. The Morgan fingerprint density at radius 1 is 1.12 bits per heavy atom. The largest absolute Gasteiger partial charge is 0.454 e. The van der Waals surface area contributed by atoms with Gasteiger partial charge in [-0.1, -0.05) is 13.3 Å². The summed E-state index contributed by atoms with van der Waals surface area (Å²) in [5, 5.41) is 5.48. The SMILES string of the molecule is CCC1CCC2(CC1)NC(=O)N(CC(=O)OCC(=O)Nc1ccc(N3CCCC3)cc1)C2=O. The molecule has 33 heavy (non-hydrogen) atoms. The first-order valence-corrected chi connectivity index (χ1v) is 11.8. The molecular weight excluding hydrogens is 424 g/mol. The Balaban J connectivity index is 1.23. The molecule has 2 saturated heterocycles. The van der Waals surface area contributed by atoms with E-state index in [1.54, 1.807) is 0 Å². The maximum absolute atomic E-state index is 12.9. The molecule has 3 aliphatic rings. The van der Waals surface area contributed by atoms with E-state index in [1.807, 2.05) is 24.3 Å². The van der Waals surface area contributed by atoms with Gasteiger partial charge in [0, 0.05) is 24.5 Å². The molecule has 4 rings (SSSR count). The van der Waals surface area contributed by atoms with Gasteiger partial charge in [-0.25, -0.2) is 4.79 Å². The van der Waals surface area contributed by atoms with Crippen LogP contribution in [0.2, 0.25) is 0 Å². The predicted molar refractivity (Wildman–Crippen MR) is 123 cm³/mol. The second-order valence-corrected chi connectivity index (χ2v) is 9.21. The van der Waals surface area contributed by atoms with Gasteiger partial charge in [-0.3, -0.25) is 19.3 Å². The van der Waals surface area contributed by atoms with E-state index in [2.05, 4.69) is 22.5 Å². The highest BCUT2D eigenvalue weighted by molar-refractivity contribution is 6.08. The van der Waals surface area contributed by atoms with E-state index in [0.29, 0.717) is 24.4 Å². The van der Waals surface area contributed by atoms with E-state index in [-0.39, 0.29) is 5.91 Å². The minimum absolute atomic E-state index is 0.374. The van der Waals surface area contributed by atoms with Crippen LogP contribution in [0, 0.1) is 5.92 Å². The average Bonchev–Trinajstić information content (AvgIpc) is 3.43. The standard InChI is InChI=1S/C24H32N4O5/c1-2-17-9-11-24(12-10-17)22(31)28(23(32)26-24)15-21(30)33-16-20(29)25-18-5-7-19(8-6-18)27-13-3-4-14-27/h5-8,17H,2-4,9-16H2,1H3,(H,25,29)(H,26,32). The van der Waals surface area contributed by atoms with Crippen LogP contribution < -0.4 is 15.5 Å². The van der Waals surface area contributed by atoms with Gasteiger partial charge in [-0.2, -0.15) is 0 Å². The molecule has 1 aliphatic carbocycles. The van der Waals surface area contributed by atoms with Gasteiger partial charge in [0.2, 0.25) is 0 Å². The molecule has 2 heterocycles. The topological polar surface area (TPSA) is 108 Å². The number of benzene rings is 1. The molecule has 2 aliphatic heterocycles. The summed E-state index contributed by atoms with van der Waals surface area (Å²) in [4.78, 5) is 52.8. The van der Waals surface area contributed by atoms with Crippen LogP contribution in [-0.4, -0.2) is 60.5 Å². The van der Waals surface area contributed by atoms with E-state index in [0.717, 1.165) is 42.9 Å². The van der Waals surface area contributed by atoms with Crippen LogP contribution in [0.3, 0.4) is 0 Å². The van der Waals surface area contributed by atoms with Crippen molar-refractivity contribution in [3.63, 3.8) is 0 Å². The van der Waals surface area contributed by atoms with Gasteiger partial charge in [-0.05, 0) is 68.7 Å². The Labute approximate surface area is 193 Å². The first-order chi connectivity index (χ1) is 15.9. The molecule has 2 N–H and O–H groups in total. The van der Waals surface area contributed by atoms with Crippen LogP contribution >= 0.6 is 0 Å². The van der Waals surface area contributed by atoms with Crippen molar-refractivity contribution >= 4 is 35.2 Å². The number of imide groups is 1. The lowest BCUT2D eigenvalue weighted by Gasteiger charge is -2.34. The fourth-order valence-electron chi connectivity index (χ4n) is 4.99. The van der Waals surface area contributed by atoms with E-state index < -0.39 is 36.6 Å². The number of carbonyl (C=O) groups excluding carboxylic acids is 4. The fourth-order valence-corrected chi connectivity index (χ4v) is 4.99. The van der Waals surface area contributed by atoms with Gasteiger partial charge in [0.15, 0.2) is 6.61 Å². The van der Waals surface area contributed by atoms with Crippen molar-refractivity contribution in [1.29, 1.82) is 0 Å². The van der Waals surface area contributed by atoms with Gasteiger partial charge in [-0.15, -0.1) is 0 Å². The van der Waals surface area contributed by atoms with E-state index >= 15 is 0 Å². The summed E-state index contributed by atoms with van der Waals surface area (Å²) in [5.74, 6) is -1.09. The number of rotatable bonds is 7. The first kappa shape index (κ1) is 23.1. The summed E-state index contributed by atoms with van der Waals surface area (Å²) in [7, 11) is 0. The molecule has 0 radical (unpaired) electrons. The highest BCUT2D eigenvalue weighted by Crippen LogP contribution is 2.37. The summed E-state index contributed by atoms with van der Waals surface area (Å²) in [6, 6.07) is 6.96. The molecule has 0 atom stereocenters. The van der Waals surface area contributed by atoms with Crippen molar-refractivity contribution in [2.24, 2.45) is 5.92 Å². The molecular formula is C24H32N4O5. The van der Waals surface area contributed by atoms with Crippen LogP contribution in [0.4, 0.5) is 16.2 Å². The van der Waals surface area contributed by atoms with Crippen LogP contribution in [0.5, 0.6) is 0 Å². The normalized spacial score (nSPS) is 24.8. The van der Waals surface area contributed by atoms with Crippen LogP contribution in [0.15, 0.2) is 24.3 Å². The molecule has 0 bridgehead atoms. The Morgan fingerprint density at radius 2 is 1.79 bits per heavy atom. The molecule has 0 aromatic heterocycles. The third kappa shape index (κ3) is 5.12. The summed E-state index contributed by atoms with van der Waals surface area (Å²) in [6.45, 7) is 3.22. The molecule has 1 aromatic carbocycles. The Kier molecular flexibility index (Phi) is 6.85. The smallest absolute Gasteiger partial charge is 0.326 e. The minimum atomic E-state index is -0.901. The van der Waals surface area contributed by atoms with Crippen molar-refractivity contribution in [2.45, 2.75) is 57.4 Å². The second-order valence-electron chi connectivity index (χ2n) is 9.21. The Bertz CT molecular complexity index is 902. The number of esters is 1. The summed E-state index contributed by atoms with van der Waals surface area (Å²) in [6.07, 6.45) is 6.35. The average molecular weight is 457 g/mol.